The number of aromatic carboxylic acids is 1. The van der Waals surface area contributed by atoms with E-state index in [9.17, 15) is 14.4 Å². The molecule has 0 atom stereocenters. The van der Waals surface area contributed by atoms with Gasteiger partial charge in [0.25, 0.3) is 0 Å². The zero-order chi connectivity index (χ0) is 16.8. The minimum atomic E-state index is -1.11. The van der Waals surface area contributed by atoms with Crippen LogP contribution in [0.5, 0.6) is 0 Å². The first kappa shape index (κ1) is 16.4. The van der Waals surface area contributed by atoms with Crippen molar-refractivity contribution in [2.24, 2.45) is 0 Å². The number of amides is 1. The highest BCUT2D eigenvalue weighted by atomic mass is 16.4. The molecule has 0 bridgehead atoms. The Morgan fingerprint density at radius 3 is 2.35 bits per heavy atom. The second-order valence-electron chi connectivity index (χ2n) is 5.19. The summed E-state index contributed by atoms with van der Waals surface area (Å²) in [7, 11) is 0. The molecule has 118 valence electrons. The van der Waals surface area contributed by atoms with Crippen molar-refractivity contribution in [3.8, 4) is 0 Å². The highest BCUT2D eigenvalue weighted by Gasteiger charge is 2.14. The van der Waals surface area contributed by atoms with E-state index in [0.717, 1.165) is 5.56 Å². The van der Waals surface area contributed by atoms with Crippen molar-refractivity contribution in [1.29, 1.82) is 0 Å². The van der Waals surface area contributed by atoms with E-state index in [1.807, 2.05) is 6.07 Å². The minimum absolute atomic E-state index is 0.000658. The van der Waals surface area contributed by atoms with Gasteiger partial charge in [0.1, 0.15) is 0 Å². The summed E-state index contributed by atoms with van der Waals surface area (Å²) >= 11 is 0. The van der Waals surface area contributed by atoms with E-state index >= 15 is 0 Å². The summed E-state index contributed by atoms with van der Waals surface area (Å²) in [5.41, 5.74) is 1.62. The van der Waals surface area contributed by atoms with Crippen LogP contribution in [0.3, 0.4) is 0 Å². The number of hydrogen-bond donors (Lipinski definition) is 2. The Kier molecular flexibility index (Phi) is 5.25. The number of ketones is 1. The van der Waals surface area contributed by atoms with E-state index in [2.05, 4.69) is 5.32 Å². The molecule has 2 aromatic carbocycles. The summed E-state index contributed by atoms with van der Waals surface area (Å²) in [6, 6.07) is 13.5. The second-order valence-corrected chi connectivity index (χ2v) is 5.19. The third-order valence-electron chi connectivity index (χ3n) is 3.35. The quantitative estimate of drug-likeness (QED) is 0.802. The normalized spacial score (nSPS) is 10.1. The molecule has 0 unspecified atom stereocenters. The van der Waals surface area contributed by atoms with E-state index in [4.69, 9.17) is 5.11 Å². The van der Waals surface area contributed by atoms with Gasteiger partial charge in [-0.15, -0.1) is 0 Å². The van der Waals surface area contributed by atoms with Crippen LogP contribution in [-0.4, -0.2) is 22.8 Å². The lowest BCUT2D eigenvalue weighted by atomic mass is 10.1. The Balaban J connectivity index is 1.98. The Labute approximate surface area is 134 Å². The molecule has 0 aliphatic carbocycles. The van der Waals surface area contributed by atoms with Crippen molar-refractivity contribution < 1.29 is 19.5 Å². The standard InChI is InChI=1S/C18H17NO4/c1-12-7-8-15(14(11-12)18(22)23)19-17(21)10-9-16(20)13-5-3-2-4-6-13/h2-8,11H,9-10H2,1H3,(H,19,21)(H,22,23). The molecule has 0 aliphatic heterocycles. The van der Waals surface area contributed by atoms with Gasteiger partial charge in [0.2, 0.25) is 5.91 Å². The number of Topliss-reactive ketones (excluding diaryl/α,β-unsaturated/α-hetero) is 1. The summed E-state index contributed by atoms with van der Waals surface area (Å²) in [6.07, 6.45) is 0.0742. The second kappa shape index (κ2) is 7.35. The van der Waals surface area contributed by atoms with Crippen molar-refractivity contribution >= 4 is 23.3 Å². The lowest BCUT2D eigenvalue weighted by Crippen LogP contribution is -2.16. The molecule has 23 heavy (non-hydrogen) atoms. The highest BCUT2D eigenvalue weighted by Crippen LogP contribution is 2.18. The number of carboxylic acids is 1. The zero-order valence-corrected chi connectivity index (χ0v) is 12.7. The molecule has 0 aliphatic rings. The van der Waals surface area contributed by atoms with E-state index < -0.39 is 5.97 Å². The predicted molar refractivity (Wildman–Crippen MR) is 86.8 cm³/mol. The number of carbonyl (C=O) groups is 3. The Hall–Kier alpha value is -2.95. The van der Waals surface area contributed by atoms with Crippen LogP contribution < -0.4 is 5.32 Å². The molecule has 0 heterocycles. The zero-order valence-electron chi connectivity index (χ0n) is 12.7. The number of rotatable bonds is 6. The smallest absolute Gasteiger partial charge is 0.337 e. The topological polar surface area (TPSA) is 83.5 Å². The van der Waals surface area contributed by atoms with Gasteiger partial charge in [-0.25, -0.2) is 4.79 Å². The van der Waals surface area contributed by atoms with Gasteiger partial charge in [0, 0.05) is 18.4 Å². The van der Waals surface area contributed by atoms with Gasteiger partial charge in [0.05, 0.1) is 11.3 Å². The molecule has 0 aromatic heterocycles. The highest BCUT2D eigenvalue weighted by molar-refractivity contribution is 6.03. The molecule has 1 amide bonds. The lowest BCUT2D eigenvalue weighted by molar-refractivity contribution is -0.116. The number of aryl methyl sites for hydroxylation is 1. The average molecular weight is 311 g/mol. The summed E-state index contributed by atoms with van der Waals surface area (Å²) in [4.78, 5) is 35.1. The van der Waals surface area contributed by atoms with Crippen LogP contribution in [0.25, 0.3) is 0 Å². The Morgan fingerprint density at radius 1 is 1.00 bits per heavy atom. The number of anilines is 1. The summed E-state index contributed by atoms with van der Waals surface area (Å²) in [5.74, 6) is -1.62. The van der Waals surface area contributed by atoms with Crippen molar-refractivity contribution in [3.05, 3.63) is 65.2 Å². The molecular formula is C18H17NO4. The molecule has 0 saturated heterocycles. The maximum atomic E-state index is 12.0. The first-order chi connectivity index (χ1) is 11.0. The maximum absolute atomic E-state index is 12.0. The third kappa shape index (κ3) is 4.51. The first-order valence-electron chi connectivity index (χ1n) is 7.19. The van der Waals surface area contributed by atoms with Gasteiger partial charge in [-0.2, -0.15) is 0 Å². The van der Waals surface area contributed by atoms with Gasteiger partial charge < -0.3 is 10.4 Å². The fourth-order valence-corrected chi connectivity index (χ4v) is 2.15. The summed E-state index contributed by atoms with van der Waals surface area (Å²) < 4.78 is 0. The summed E-state index contributed by atoms with van der Waals surface area (Å²) in [6.45, 7) is 1.77. The number of carbonyl (C=O) groups excluding carboxylic acids is 2. The van der Waals surface area contributed by atoms with Gasteiger partial charge >= 0.3 is 5.97 Å². The van der Waals surface area contributed by atoms with E-state index in [0.29, 0.717) is 5.56 Å². The monoisotopic (exact) mass is 311 g/mol. The molecule has 2 aromatic rings. The van der Waals surface area contributed by atoms with E-state index in [1.165, 1.54) is 6.07 Å². The summed E-state index contributed by atoms with van der Waals surface area (Å²) in [5, 5.41) is 11.7. The Morgan fingerprint density at radius 2 is 1.70 bits per heavy atom. The molecule has 2 N–H and O–H groups in total. The molecule has 5 nitrogen and oxygen atoms in total. The number of hydrogen-bond acceptors (Lipinski definition) is 3. The first-order valence-corrected chi connectivity index (χ1v) is 7.19. The van der Waals surface area contributed by atoms with Crippen molar-refractivity contribution in [1.82, 2.24) is 0 Å². The van der Waals surface area contributed by atoms with Crippen LogP contribution in [0.1, 0.15) is 39.1 Å². The number of nitrogens with one attached hydrogen (secondary N) is 1. The Bertz CT molecular complexity index is 738. The lowest BCUT2D eigenvalue weighted by Gasteiger charge is -2.09. The predicted octanol–water partition coefficient (Wildman–Crippen LogP) is 3.29. The molecular weight excluding hydrogens is 294 g/mol. The van der Waals surface area contributed by atoms with Crippen LogP contribution >= 0.6 is 0 Å². The van der Waals surface area contributed by atoms with Gasteiger partial charge in [0.15, 0.2) is 5.78 Å². The van der Waals surface area contributed by atoms with Crippen LogP contribution in [-0.2, 0) is 4.79 Å². The molecule has 0 radical (unpaired) electrons. The maximum Gasteiger partial charge on any atom is 0.337 e. The fraction of sp³-hybridized carbons (Fsp3) is 0.167. The third-order valence-corrected chi connectivity index (χ3v) is 3.35. The molecule has 2 rings (SSSR count). The minimum Gasteiger partial charge on any atom is -0.478 e. The van der Waals surface area contributed by atoms with Gasteiger partial charge in [-0.3, -0.25) is 9.59 Å². The largest absolute Gasteiger partial charge is 0.478 e. The van der Waals surface area contributed by atoms with E-state index in [-0.39, 0.29) is 35.8 Å². The average Bonchev–Trinajstić information content (AvgIpc) is 2.55. The van der Waals surface area contributed by atoms with Gasteiger partial charge in [-0.05, 0) is 19.1 Å². The van der Waals surface area contributed by atoms with Crippen molar-refractivity contribution in [2.75, 3.05) is 5.32 Å². The number of benzene rings is 2. The fourth-order valence-electron chi connectivity index (χ4n) is 2.15. The molecule has 0 saturated carbocycles. The number of carboxylic acid groups (broad SMARTS) is 1. The molecule has 5 heteroatoms. The van der Waals surface area contributed by atoms with Crippen LogP contribution in [0.2, 0.25) is 0 Å². The van der Waals surface area contributed by atoms with Crippen LogP contribution in [0.4, 0.5) is 5.69 Å². The van der Waals surface area contributed by atoms with Crippen molar-refractivity contribution in [3.63, 3.8) is 0 Å². The van der Waals surface area contributed by atoms with Crippen molar-refractivity contribution in [2.45, 2.75) is 19.8 Å². The SMILES string of the molecule is Cc1ccc(NC(=O)CCC(=O)c2ccccc2)c(C(=O)O)c1. The van der Waals surface area contributed by atoms with E-state index in [1.54, 1.807) is 43.3 Å². The molecule has 0 fully saturated rings. The van der Waals surface area contributed by atoms with Gasteiger partial charge in [-0.1, -0.05) is 42.0 Å². The molecule has 0 spiro atoms. The van der Waals surface area contributed by atoms with Crippen LogP contribution in [0.15, 0.2) is 48.5 Å². The van der Waals surface area contributed by atoms with Crippen LogP contribution in [0, 0.1) is 6.92 Å².